The highest BCUT2D eigenvalue weighted by Gasteiger charge is 2.61. The number of allylic oxidation sites excluding steroid dienone is 3. The second kappa shape index (κ2) is 7.84. The summed E-state index contributed by atoms with van der Waals surface area (Å²) in [7, 11) is 0. The van der Waals surface area contributed by atoms with Gasteiger partial charge in [0.25, 0.3) is 0 Å². The van der Waals surface area contributed by atoms with E-state index in [4.69, 9.17) is 14.2 Å². The second-order valence-electron chi connectivity index (χ2n) is 8.35. The number of hydrogen-bond acceptors (Lipinski definition) is 6. The van der Waals surface area contributed by atoms with E-state index >= 15 is 0 Å². The van der Waals surface area contributed by atoms with Gasteiger partial charge in [-0.1, -0.05) is 29.9 Å². The first-order chi connectivity index (χ1) is 13.2. The summed E-state index contributed by atoms with van der Waals surface area (Å²) >= 11 is 0. The second-order valence-corrected chi connectivity index (χ2v) is 8.35. The minimum atomic E-state index is -1.59. The molecule has 6 nitrogen and oxygen atoms in total. The van der Waals surface area contributed by atoms with Crippen LogP contribution in [0.4, 0.5) is 0 Å². The van der Waals surface area contributed by atoms with Gasteiger partial charge in [0.1, 0.15) is 18.3 Å². The summed E-state index contributed by atoms with van der Waals surface area (Å²) in [5, 5.41) is 11.6. The third-order valence-electron chi connectivity index (χ3n) is 6.04. The van der Waals surface area contributed by atoms with E-state index in [-0.39, 0.29) is 18.6 Å². The molecule has 1 N–H and O–H groups in total. The predicted molar refractivity (Wildman–Crippen MR) is 103 cm³/mol. The Bertz CT molecular complexity index is 735. The van der Waals surface area contributed by atoms with Crippen LogP contribution in [-0.2, 0) is 23.8 Å². The lowest BCUT2D eigenvalue weighted by atomic mass is 9.72. The van der Waals surface area contributed by atoms with E-state index in [9.17, 15) is 14.7 Å². The minimum absolute atomic E-state index is 0.0720. The van der Waals surface area contributed by atoms with Gasteiger partial charge in [-0.2, -0.15) is 0 Å². The fourth-order valence-electron chi connectivity index (χ4n) is 4.49. The van der Waals surface area contributed by atoms with Crippen LogP contribution in [-0.4, -0.2) is 41.1 Å². The zero-order valence-corrected chi connectivity index (χ0v) is 17.0. The van der Waals surface area contributed by atoms with Gasteiger partial charge in [-0.25, -0.2) is 4.79 Å². The molecule has 2 saturated heterocycles. The van der Waals surface area contributed by atoms with Crippen molar-refractivity contribution in [3.63, 3.8) is 0 Å². The molecule has 3 aliphatic heterocycles. The molecule has 0 aliphatic carbocycles. The molecular weight excluding hydrogens is 360 g/mol. The molecular formula is C22H30O6. The first-order valence-electron chi connectivity index (χ1n) is 9.92. The molecule has 3 aliphatic rings. The van der Waals surface area contributed by atoms with Crippen molar-refractivity contribution in [2.45, 2.75) is 76.8 Å². The van der Waals surface area contributed by atoms with Gasteiger partial charge in [-0.3, -0.25) is 4.79 Å². The lowest BCUT2D eigenvalue weighted by Crippen LogP contribution is -2.66. The van der Waals surface area contributed by atoms with Crippen LogP contribution in [0.25, 0.3) is 0 Å². The SMILES string of the molecule is C=C1C(=O)OC2C[C@H]1[C@]1(O)C/C(C)=C/CC/C(C)=C\CC[C@@]2(COC(C)=O)O1. The summed E-state index contributed by atoms with van der Waals surface area (Å²) < 4.78 is 17.3. The topological polar surface area (TPSA) is 82.1 Å². The number of carbonyl (C=O) groups is 2. The van der Waals surface area contributed by atoms with Crippen LogP contribution in [0.2, 0.25) is 0 Å². The Balaban J connectivity index is 2.04. The van der Waals surface area contributed by atoms with Crippen molar-refractivity contribution in [1.82, 2.24) is 0 Å². The van der Waals surface area contributed by atoms with Gasteiger partial charge in [-0.05, 0) is 46.0 Å². The van der Waals surface area contributed by atoms with Crippen LogP contribution in [0.5, 0.6) is 0 Å². The van der Waals surface area contributed by atoms with Gasteiger partial charge in [0.05, 0.1) is 0 Å². The van der Waals surface area contributed by atoms with Crippen molar-refractivity contribution in [3.8, 4) is 0 Å². The van der Waals surface area contributed by atoms with E-state index in [1.165, 1.54) is 12.5 Å². The Morgan fingerprint density at radius 3 is 2.75 bits per heavy atom. The fourth-order valence-corrected chi connectivity index (χ4v) is 4.49. The summed E-state index contributed by atoms with van der Waals surface area (Å²) in [5.74, 6) is -3.10. The van der Waals surface area contributed by atoms with Crippen LogP contribution in [0, 0.1) is 5.92 Å². The predicted octanol–water partition coefficient (Wildman–Crippen LogP) is 3.35. The van der Waals surface area contributed by atoms with Crippen LogP contribution in [0.3, 0.4) is 0 Å². The maximum Gasteiger partial charge on any atom is 0.334 e. The van der Waals surface area contributed by atoms with E-state index in [1.54, 1.807) is 0 Å². The zero-order chi connectivity index (χ0) is 20.5. The molecule has 0 aromatic rings. The van der Waals surface area contributed by atoms with Crippen molar-refractivity contribution >= 4 is 11.9 Å². The van der Waals surface area contributed by atoms with Crippen LogP contribution in [0.15, 0.2) is 35.5 Å². The van der Waals surface area contributed by atoms with Gasteiger partial charge in [0.2, 0.25) is 0 Å². The van der Waals surface area contributed by atoms with Crippen molar-refractivity contribution in [3.05, 3.63) is 35.5 Å². The number of hydrogen-bond donors (Lipinski definition) is 1. The first-order valence-corrected chi connectivity index (χ1v) is 9.92. The minimum Gasteiger partial charge on any atom is -0.463 e. The molecule has 0 saturated carbocycles. The highest BCUT2D eigenvalue weighted by Crippen LogP contribution is 2.50. The molecule has 0 aromatic carbocycles. The maximum atomic E-state index is 12.4. The number of esters is 2. The molecule has 1 unspecified atom stereocenters. The normalized spacial score (nSPS) is 40.0. The maximum absolute atomic E-state index is 12.4. The van der Waals surface area contributed by atoms with Crippen LogP contribution >= 0.6 is 0 Å². The molecule has 0 radical (unpaired) electrons. The Morgan fingerprint density at radius 2 is 2.04 bits per heavy atom. The summed E-state index contributed by atoms with van der Waals surface area (Å²) in [6.07, 6.45) is 7.28. The lowest BCUT2D eigenvalue weighted by Gasteiger charge is -2.55. The average Bonchev–Trinajstić information content (AvgIpc) is 2.60. The first kappa shape index (κ1) is 20.8. The van der Waals surface area contributed by atoms with Gasteiger partial charge in [0, 0.05) is 24.8 Å². The van der Waals surface area contributed by atoms with Gasteiger partial charge in [-0.15, -0.1) is 0 Å². The molecule has 0 spiro atoms. The van der Waals surface area contributed by atoms with Crippen LogP contribution < -0.4 is 0 Å². The van der Waals surface area contributed by atoms with Gasteiger partial charge < -0.3 is 19.3 Å². The van der Waals surface area contributed by atoms with Crippen molar-refractivity contribution in [2.24, 2.45) is 5.92 Å². The Hall–Kier alpha value is -1.92. The third-order valence-corrected chi connectivity index (χ3v) is 6.04. The van der Waals surface area contributed by atoms with E-state index in [0.29, 0.717) is 19.3 Å². The molecule has 3 heterocycles. The number of rotatable bonds is 2. The fraction of sp³-hybridized carbons (Fsp3) is 0.636. The zero-order valence-electron chi connectivity index (χ0n) is 17.0. The number of aliphatic hydroxyl groups is 1. The van der Waals surface area contributed by atoms with Crippen molar-refractivity contribution in [2.75, 3.05) is 6.61 Å². The Morgan fingerprint density at radius 1 is 1.32 bits per heavy atom. The van der Waals surface area contributed by atoms with Gasteiger partial charge in [0.15, 0.2) is 5.79 Å². The highest BCUT2D eigenvalue weighted by atomic mass is 16.7. The molecule has 4 atom stereocenters. The molecule has 2 fully saturated rings. The van der Waals surface area contributed by atoms with Crippen LogP contribution in [0.1, 0.15) is 59.3 Å². The molecule has 154 valence electrons. The standard InChI is InChI=1S/C22H30O6/c1-14-7-5-8-15(2)12-22(25)18-11-19(27-20(24)16(18)3)21(28-22,10-6-9-14)13-26-17(4)23/h8-9,18-19,25H,3,5-7,10-13H2,1-2,4H3/b14-9-,15-8+/t18-,19?,21+,22+/m1/s1. The summed E-state index contributed by atoms with van der Waals surface area (Å²) in [6, 6.07) is 0. The molecule has 0 aromatic heterocycles. The molecule has 0 amide bonds. The highest BCUT2D eigenvalue weighted by molar-refractivity contribution is 5.89. The smallest absolute Gasteiger partial charge is 0.334 e. The average molecular weight is 390 g/mol. The molecule has 28 heavy (non-hydrogen) atoms. The number of fused-ring (bicyclic) bond motifs is 6. The van der Waals surface area contributed by atoms with E-state index in [1.807, 2.05) is 6.92 Å². The summed E-state index contributed by atoms with van der Waals surface area (Å²) in [6.45, 7) is 9.14. The van der Waals surface area contributed by atoms with Crippen molar-refractivity contribution < 1.29 is 28.9 Å². The third kappa shape index (κ3) is 4.08. The monoisotopic (exact) mass is 390 g/mol. The largest absolute Gasteiger partial charge is 0.463 e. The molecule has 6 heteroatoms. The van der Waals surface area contributed by atoms with E-state index in [0.717, 1.165) is 18.4 Å². The number of ether oxygens (including phenoxy) is 3. The number of carbonyl (C=O) groups excluding carboxylic acids is 2. The summed E-state index contributed by atoms with van der Waals surface area (Å²) in [5.41, 5.74) is 1.40. The molecule has 4 bridgehead atoms. The molecule has 3 rings (SSSR count). The van der Waals surface area contributed by atoms with E-state index < -0.39 is 35.3 Å². The Kier molecular flexibility index (Phi) is 5.82. The Labute approximate surface area is 166 Å². The van der Waals surface area contributed by atoms with E-state index in [2.05, 4.69) is 25.7 Å². The lowest BCUT2D eigenvalue weighted by molar-refractivity contribution is -0.351. The summed E-state index contributed by atoms with van der Waals surface area (Å²) in [4.78, 5) is 24.0. The van der Waals surface area contributed by atoms with Gasteiger partial charge >= 0.3 is 11.9 Å². The van der Waals surface area contributed by atoms with Crippen molar-refractivity contribution in [1.29, 1.82) is 0 Å². The quantitative estimate of drug-likeness (QED) is 0.442.